The molecule has 1 atom stereocenters. The summed E-state index contributed by atoms with van der Waals surface area (Å²) in [7, 11) is 0. The van der Waals surface area contributed by atoms with Crippen LogP contribution in [0.3, 0.4) is 0 Å². The van der Waals surface area contributed by atoms with Crippen molar-refractivity contribution in [1.29, 1.82) is 0 Å². The number of nitrogens with zero attached hydrogens (tertiary/aromatic N) is 1. The Morgan fingerprint density at radius 3 is 2.59 bits per heavy atom. The van der Waals surface area contributed by atoms with Crippen LogP contribution in [0.15, 0.2) is 47.1 Å². The second-order valence-electron chi connectivity index (χ2n) is 3.72. The highest BCUT2D eigenvalue weighted by atomic mass is 79.9. The molecule has 2 nitrogen and oxygen atoms in total. The van der Waals surface area contributed by atoms with Crippen molar-refractivity contribution in [3.05, 3.63) is 64.1 Å². The molecule has 0 spiro atoms. The van der Waals surface area contributed by atoms with Crippen LogP contribution in [-0.2, 0) is 6.42 Å². The van der Waals surface area contributed by atoms with Crippen molar-refractivity contribution in [3.8, 4) is 0 Å². The lowest BCUT2D eigenvalue weighted by Gasteiger charge is -2.11. The van der Waals surface area contributed by atoms with E-state index in [0.717, 1.165) is 10.0 Å². The van der Waals surface area contributed by atoms with E-state index >= 15 is 0 Å². The second-order valence-corrected chi connectivity index (χ2v) is 4.57. The minimum absolute atomic E-state index is 0.276. The summed E-state index contributed by atoms with van der Waals surface area (Å²) < 4.78 is 13.5. The van der Waals surface area contributed by atoms with Gasteiger partial charge in [-0.3, -0.25) is 4.98 Å². The van der Waals surface area contributed by atoms with E-state index in [0.29, 0.717) is 12.1 Å². The Kier molecular flexibility index (Phi) is 3.86. The molecule has 2 rings (SSSR count). The molecule has 1 N–H and O–H groups in total. The fourth-order valence-electron chi connectivity index (χ4n) is 1.58. The van der Waals surface area contributed by atoms with E-state index < -0.39 is 6.10 Å². The zero-order valence-electron chi connectivity index (χ0n) is 8.98. The summed E-state index contributed by atoms with van der Waals surface area (Å²) in [4.78, 5) is 4.12. The van der Waals surface area contributed by atoms with E-state index in [-0.39, 0.29) is 5.82 Å². The number of hydrogen-bond donors (Lipinski definition) is 1. The molecule has 0 fully saturated rings. The molecule has 1 heterocycles. The molecule has 1 aromatic carbocycles. The number of hydrogen-bond acceptors (Lipinski definition) is 2. The van der Waals surface area contributed by atoms with Crippen molar-refractivity contribution >= 4 is 15.9 Å². The maximum Gasteiger partial charge on any atom is 0.123 e. The Morgan fingerprint density at radius 2 is 1.94 bits per heavy atom. The fraction of sp³-hybridized carbons (Fsp3) is 0.154. The van der Waals surface area contributed by atoms with Crippen molar-refractivity contribution in [1.82, 2.24) is 4.98 Å². The number of halogens is 2. The van der Waals surface area contributed by atoms with Gasteiger partial charge in [0.1, 0.15) is 11.9 Å². The molecule has 0 radical (unpaired) electrons. The van der Waals surface area contributed by atoms with E-state index in [4.69, 9.17) is 0 Å². The van der Waals surface area contributed by atoms with E-state index in [1.54, 1.807) is 24.4 Å². The second kappa shape index (κ2) is 5.38. The van der Waals surface area contributed by atoms with E-state index in [1.807, 2.05) is 6.07 Å². The van der Waals surface area contributed by atoms with Gasteiger partial charge in [0, 0.05) is 17.1 Å². The maximum atomic E-state index is 12.7. The van der Waals surface area contributed by atoms with E-state index in [1.165, 1.54) is 12.1 Å². The molecule has 0 saturated carbocycles. The number of pyridine rings is 1. The summed E-state index contributed by atoms with van der Waals surface area (Å²) in [6.07, 6.45) is 1.35. The van der Waals surface area contributed by atoms with Crippen molar-refractivity contribution < 1.29 is 9.50 Å². The molecule has 0 aliphatic carbocycles. The molecule has 0 amide bonds. The van der Waals surface area contributed by atoms with E-state index in [9.17, 15) is 9.50 Å². The summed E-state index contributed by atoms with van der Waals surface area (Å²) in [6.45, 7) is 0. The van der Waals surface area contributed by atoms with Crippen molar-refractivity contribution in [2.75, 3.05) is 0 Å². The highest BCUT2D eigenvalue weighted by Gasteiger charge is 2.13. The van der Waals surface area contributed by atoms with Crippen LogP contribution in [0, 0.1) is 5.82 Å². The average molecular weight is 296 g/mol. The zero-order valence-corrected chi connectivity index (χ0v) is 10.6. The third-order valence-electron chi connectivity index (χ3n) is 2.44. The largest absolute Gasteiger partial charge is 0.386 e. The SMILES string of the molecule is OC(Cc1ccc(F)cc1)c1ncccc1Br. The lowest BCUT2D eigenvalue weighted by molar-refractivity contribution is 0.172. The number of benzene rings is 1. The van der Waals surface area contributed by atoms with Gasteiger partial charge in [0.25, 0.3) is 0 Å². The standard InChI is InChI=1S/C13H11BrFNO/c14-11-2-1-7-16-13(11)12(17)8-9-3-5-10(15)6-4-9/h1-7,12,17H,8H2. The third kappa shape index (κ3) is 3.11. The van der Waals surface area contributed by atoms with Crippen LogP contribution in [0.5, 0.6) is 0 Å². The van der Waals surface area contributed by atoms with Crippen LogP contribution in [-0.4, -0.2) is 10.1 Å². The Bertz CT molecular complexity index is 501. The number of rotatable bonds is 3. The summed E-state index contributed by atoms with van der Waals surface area (Å²) in [5.74, 6) is -0.276. The summed E-state index contributed by atoms with van der Waals surface area (Å²) in [5, 5.41) is 10.0. The molecular formula is C13H11BrFNO. The predicted octanol–water partition coefficient (Wildman–Crippen LogP) is 3.26. The molecule has 88 valence electrons. The normalized spacial score (nSPS) is 12.4. The molecule has 17 heavy (non-hydrogen) atoms. The summed E-state index contributed by atoms with van der Waals surface area (Å²) >= 11 is 3.34. The van der Waals surface area contributed by atoms with Crippen LogP contribution in [0.1, 0.15) is 17.4 Å². The Hall–Kier alpha value is -1.26. The van der Waals surface area contributed by atoms with Gasteiger partial charge in [-0.1, -0.05) is 12.1 Å². The predicted molar refractivity (Wildman–Crippen MR) is 67.0 cm³/mol. The van der Waals surface area contributed by atoms with Gasteiger partial charge in [0.2, 0.25) is 0 Å². The first kappa shape index (κ1) is 12.2. The third-order valence-corrected chi connectivity index (χ3v) is 3.12. The van der Waals surface area contributed by atoms with Gasteiger partial charge in [-0.2, -0.15) is 0 Å². The maximum absolute atomic E-state index is 12.7. The first-order valence-corrected chi connectivity index (χ1v) is 5.99. The Morgan fingerprint density at radius 1 is 1.24 bits per heavy atom. The summed E-state index contributed by atoms with van der Waals surface area (Å²) in [5.41, 5.74) is 1.47. The van der Waals surface area contributed by atoms with Crippen LogP contribution < -0.4 is 0 Å². The first-order chi connectivity index (χ1) is 8.16. The Labute approximate surface area is 107 Å². The monoisotopic (exact) mass is 295 g/mol. The van der Waals surface area contributed by atoms with E-state index in [2.05, 4.69) is 20.9 Å². The molecule has 1 aromatic heterocycles. The van der Waals surface area contributed by atoms with Gasteiger partial charge in [-0.25, -0.2) is 4.39 Å². The number of aromatic nitrogens is 1. The molecule has 2 aromatic rings. The number of aliphatic hydroxyl groups excluding tert-OH is 1. The fourth-order valence-corrected chi connectivity index (χ4v) is 2.10. The topological polar surface area (TPSA) is 33.1 Å². The Balaban J connectivity index is 2.14. The average Bonchev–Trinajstić information content (AvgIpc) is 2.32. The van der Waals surface area contributed by atoms with Crippen molar-refractivity contribution in [2.45, 2.75) is 12.5 Å². The van der Waals surface area contributed by atoms with Gasteiger partial charge in [-0.05, 0) is 45.8 Å². The van der Waals surface area contributed by atoms with Crippen molar-refractivity contribution in [3.63, 3.8) is 0 Å². The molecular weight excluding hydrogens is 285 g/mol. The molecule has 4 heteroatoms. The van der Waals surface area contributed by atoms with Gasteiger partial charge in [0.05, 0.1) is 5.69 Å². The molecule has 1 unspecified atom stereocenters. The van der Waals surface area contributed by atoms with Crippen LogP contribution in [0.25, 0.3) is 0 Å². The zero-order chi connectivity index (χ0) is 12.3. The summed E-state index contributed by atoms with van der Waals surface area (Å²) in [6, 6.07) is 9.71. The van der Waals surface area contributed by atoms with Crippen LogP contribution in [0.2, 0.25) is 0 Å². The molecule has 0 saturated heterocycles. The van der Waals surface area contributed by atoms with Gasteiger partial charge >= 0.3 is 0 Å². The van der Waals surface area contributed by atoms with Crippen LogP contribution in [0.4, 0.5) is 4.39 Å². The molecule has 0 aliphatic rings. The smallest absolute Gasteiger partial charge is 0.123 e. The van der Waals surface area contributed by atoms with Gasteiger partial charge < -0.3 is 5.11 Å². The van der Waals surface area contributed by atoms with Gasteiger partial charge in [0.15, 0.2) is 0 Å². The number of aliphatic hydroxyl groups is 1. The lowest BCUT2D eigenvalue weighted by atomic mass is 10.1. The highest BCUT2D eigenvalue weighted by molar-refractivity contribution is 9.10. The first-order valence-electron chi connectivity index (χ1n) is 5.20. The highest BCUT2D eigenvalue weighted by Crippen LogP contribution is 2.23. The van der Waals surface area contributed by atoms with Crippen LogP contribution >= 0.6 is 15.9 Å². The minimum Gasteiger partial charge on any atom is -0.386 e. The lowest BCUT2D eigenvalue weighted by Crippen LogP contribution is -2.04. The van der Waals surface area contributed by atoms with Crippen molar-refractivity contribution in [2.24, 2.45) is 0 Å². The molecule has 0 bridgehead atoms. The van der Waals surface area contributed by atoms with Gasteiger partial charge in [-0.15, -0.1) is 0 Å². The minimum atomic E-state index is -0.698. The quantitative estimate of drug-likeness (QED) is 0.943. The molecule has 0 aliphatic heterocycles.